The molecule has 14 amide bonds. The molecule has 620 valence electrons. The first-order valence-corrected chi connectivity index (χ1v) is 37.1. The minimum atomic E-state index is -2.14. The van der Waals surface area contributed by atoms with Crippen LogP contribution in [0.3, 0.4) is 0 Å². The van der Waals surface area contributed by atoms with E-state index in [1.165, 1.54) is 53.9 Å². The van der Waals surface area contributed by atoms with Gasteiger partial charge in [-0.1, -0.05) is 64.1 Å². The van der Waals surface area contributed by atoms with E-state index in [4.69, 9.17) is 5.73 Å². The Bertz CT molecular complexity index is 4100. The van der Waals surface area contributed by atoms with E-state index in [1.54, 1.807) is 48.5 Å². The zero-order valence-electron chi connectivity index (χ0n) is 62.5. The number of carboxylic acids is 3. The first-order chi connectivity index (χ1) is 53.4. The molecular weight excluding hydrogens is 1530 g/mol. The monoisotopic (exact) mass is 1630 g/mol. The van der Waals surface area contributed by atoms with E-state index >= 15 is 0 Å². The molecule has 0 unspecified atom stereocenters. The maximum absolute atomic E-state index is 14.8. The molecule has 5 rings (SSSR count). The van der Waals surface area contributed by atoms with Gasteiger partial charge in [0.05, 0.1) is 38.9 Å². The number of fused-ring (bicyclic) bond motifs is 2. The first-order valence-electron chi connectivity index (χ1n) is 35.8. The van der Waals surface area contributed by atoms with Crippen LogP contribution in [0.2, 0.25) is 0 Å². The van der Waals surface area contributed by atoms with Crippen LogP contribution in [0.4, 0.5) is 0 Å². The molecule has 15 atom stereocenters. The average molecular weight is 1630 g/mol. The van der Waals surface area contributed by atoms with Gasteiger partial charge in [0.1, 0.15) is 84.6 Å². The molecule has 0 spiro atoms. The predicted molar refractivity (Wildman–Crippen MR) is 406 cm³/mol. The molecule has 4 aromatic rings. The highest BCUT2D eigenvalue weighted by Gasteiger charge is 2.42. The Morgan fingerprint density at radius 2 is 0.920 bits per heavy atom. The number of H-pyrrole nitrogens is 2. The van der Waals surface area contributed by atoms with E-state index in [0.717, 1.165) is 4.90 Å². The van der Waals surface area contributed by atoms with E-state index in [9.17, 15) is 117 Å². The Hall–Kier alpha value is -11.0. The van der Waals surface area contributed by atoms with E-state index in [2.05, 4.69) is 104 Å². The fraction of sp³-hybridized carbons (Fsp3) is 0.529. The van der Waals surface area contributed by atoms with Gasteiger partial charge >= 0.3 is 17.9 Å². The highest BCUT2D eigenvalue weighted by molar-refractivity contribution is 7.80. The Morgan fingerprint density at radius 3 is 1.42 bits per heavy atom. The number of hydrogen-bond acceptors (Lipinski definition) is 24. The number of carboxylic acid groups (broad SMARTS) is 3. The second kappa shape index (κ2) is 44.3. The number of aliphatic hydroxyl groups is 4. The molecule has 43 heteroatoms. The van der Waals surface area contributed by atoms with Crippen LogP contribution in [0, 0.1) is 11.8 Å². The van der Waals surface area contributed by atoms with Crippen molar-refractivity contribution in [1.29, 1.82) is 0 Å². The number of hydrogen-bond donors (Lipinski definition) is 25. The minimum absolute atomic E-state index is 0.0152. The number of aliphatic hydroxyl groups excluding tert-OH is 4. The summed E-state index contributed by atoms with van der Waals surface area (Å²) in [4.78, 5) is 237. The minimum Gasteiger partial charge on any atom is -0.481 e. The van der Waals surface area contributed by atoms with Crippen molar-refractivity contribution in [2.24, 2.45) is 17.6 Å². The van der Waals surface area contributed by atoms with E-state index in [0.29, 0.717) is 32.9 Å². The number of nitrogens with two attached hydrogens (primary N) is 1. The van der Waals surface area contributed by atoms with Crippen molar-refractivity contribution in [3.8, 4) is 0 Å². The summed E-state index contributed by atoms with van der Waals surface area (Å²) >= 11 is 8.25. The van der Waals surface area contributed by atoms with Gasteiger partial charge in [-0.25, -0.2) is 4.79 Å². The number of carbonyl (C=O) groups excluding carboxylic acids is 14. The summed E-state index contributed by atoms with van der Waals surface area (Å²) in [5.41, 5.74) is 7.49. The number of nitrogens with one attached hydrogen (secondary N) is 15. The lowest BCUT2D eigenvalue weighted by atomic mass is 10.00. The van der Waals surface area contributed by atoms with Crippen LogP contribution in [0.25, 0.3) is 21.8 Å². The maximum atomic E-state index is 14.8. The molecule has 3 heterocycles. The topological polar surface area (TPSA) is 649 Å². The molecule has 2 aromatic carbocycles. The number of thiol groups is 2. The van der Waals surface area contributed by atoms with Crippen LogP contribution in [0.15, 0.2) is 60.9 Å². The third-order valence-corrected chi connectivity index (χ3v) is 18.9. The summed E-state index contributed by atoms with van der Waals surface area (Å²) in [5.74, 6) is -21.9. The zero-order chi connectivity index (χ0) is 84.2. The predicted octanol–water partition coefficient (Wildman–Crippen LogP) is -7.34. The molecule has 113 heavy (non-hydrogen) atoms. The SMILES string of the molecule is CC(C)[C@H](NC(=O)[C@H](CO)NC(=O)[C@H](CS)NC(=O)[C@@H]1CCCN1C(=O)[C@H](CO)NC(=O)[C@H](Cc1c[nH]c2ccccc12)NC(=O)[C@H](CCC(=O)O)NC(=O)[C@H](CC(=O)O)NC(=O)[C@H](Cc1c[nH]c2ccccc12)NC(=O)[C@@H](NC(=O)CNC(=O)[C@H](CS)NC(=O)[C@H](CO)NC(=O)[C@H](C)NC(=O)[C@@H](N)[C@@H](C)O)C(C)C)C(=O)O. The summed E-state index contributed by atoms with van der Waals surface area (Å²) in [6.45, 7) is 4.40. The average Bonchev–Trinajstić information content (AvgIpc) is 1.74. The van der Waals surface area contributed by atoms with Crippen molar-refractivity contribution >= 4 is 148 Å². The standard InChI is InChI=1S/C70H99N17O24S2/c1-31(2)55(85-51(92)25-74-58(98)48(29-112)83-63(103)45(26-88)80-57(97)33(5)75-67(107)54(71)34(6)91)68(108)79-43(21-36-24-73-40-15-10-8-13-38(36)40)60(100)78-44(22-53(95)96)62(102)76-41(17-18-52(93)94)59(99)77-42(20-35-23-72-39-14-9-7-12-37(35)39)61(101)82-47(28-90)69(109)87-19-11-16-50(87)66(106)84-49(30-113)65(105)81-46(27-89)64(104)86-56(32(3)4)70(110)111/h7-10,12-15,23-24,31-34,41-50,54-56,72-73,88-91,112-113H,11,16-22,25-30,71H2,1-6H3,(H,74,98)(H,75,107)(H,76,102)(H,77,99)(H,78,100)(H,79,108)(H,80,97)(H,81,105)(H,82,101)(H,83,103)(H,84,106)(H,85,92)(H,86,104)(H,93,94)(H,95,96)(H,110,111)/t33-,34+,41-,42-,43-,44-,45-,46-,47-,48-,49-,50-,54-,55-,56-/m0/s1. The fourth-order valence-electron chi connectivity index (χ4n) is 11.7. The van der Waals surface area contributed by atoms with Gasteiger partial charge in [0.15, 0.2) is 0 Å². The van der Waals surface area contributed by atoms with Crippen LogP contribution >= 0.6 is 25.3 Å². The van der Waals surface area contributed by atoms with Crippen molar-refractivity contribution in [1.82, 2.24) is 84.0 Å². The number of nitrogens with zero attached hydrogens (tertiary/aromatic N) is 1. The number of aromatic amines is 2. The van der Waals surface area contributed by atoms with Gasteiger partial charge < -0.3 is 125 Å². The highest BCUT2D eigenvalue weighted by atomic mass is 32.1. The molecule has 1 aliphatic heterocycles. The van der Waals surface area contributed by atoms with Crippen molar-refractivity contribution in [2.45, 2.75) is 177 Å². The van der Waals surface area contributed by atoms with Crippen molar-refractivity contribution in [2.75, 3.05) is 44.4 Å². The number of benzene rings is 2. The lowest BCUT2D eigenvalue weighted by Crippen LogP contribution is -2.61. The summed E-state index contributed by atoms with van der Waals surface area (Å²) < 4.78 is 0. The largest absolute Gasteiger partial charge is 0.481 e. The van der Waals surface area contributed by atoms with Gasteiger partial charge in [-0.15, -0.1) is 0 Å². The van der Waals surface area contributed by atoms with Crippen LogP contribution in [0.5, 0.6) is 0 Å². The molecule has 0 saturated carbocycles. The van der Waals surface area contributed by atoms with Gasteiger partial charge in [-0.05, 0) is 68.2 Å². The lowest BCUT2D eigenvalue weighted by Gasteiger charge is -2.30. The van der Waals surface area contributed by atoms with E-state index in [-0.39, 0.29) is 19.4 Å². The maximum Gasteiger partial charge on any atom is 0.326 e. The van der Waals surface area contributed by atoms with Gasteiger partial charge in [-0.3, -0.25) is 76.7 Å². The van der Waals surface area contributed by atoms with Crippen LogP contribution in [-0.2, 0) is 94.3 Å². The Kier molecular flexibility index (Phi) is 36.3. The van der Waals surface area contributed by atoms with Crippen molar-refractivity contribution in [3.05, 3.63) is 72.1 Å². The third kappa shape index (κ3) is 27.1. The van der Waals surface area contributed by atoms with Gasteiger partial charge in [0.2, 0.25) is 82.7 Å². The Morgan fingerprint density at radius 1 is 0.487 bits per heavy atom. The Balaban J connectivity index is 1.35. The quantitative estimate of drug-likeness (QED) is 0.0183. The number of aliphatic carboxylic acids is 3. The molecule has 1 aliphatic rings. The molecular formula is C70H99N17O24S2. The number of amides is 14. The molecule has 0 aliphatic carbocycles. The summed E-state index contributed by atoms with van der Waals surface area (Å²) in [7, 11) is 0. The summed E-state index contributed by atoms with van der Waals surface area (Å²) in [6, 6.07) is -9.47. The van der Waals surface area contributed by atoms with Crippen LogP contribution < -0.4 is 74.9 Å². The van der Waals surface area contributed by atoms with Crippen LogP contribution in [0.1, 0.15) is 84.8 Å². The molecule has 41 nitrogen and oxygen atoms in total. The number of aromatic nitrogens is 2. The first kappa shape index (κ1) is 92.6. The Labute approximate surface area is 657 Å². The molecule has 0 bridgehead atoms. The molecule has 24 N–H and O–H groups in total. The molecule has 1 saturated heterocycles. The van der Waals surface area contributed by atoms with Crippen LogP contribution in [-0.4, -0.2) is 286 Å². The third-order valence-electron chi connectivity index (χ3n) is 18.1. The van der Waals surface area contributed by atoms with Gasteiger partial charge in [-0.2, -0.15) is 25.3 Å². The van der Waals surface area contributed by atoms with Crippen molar-refractivity contribution in [3.63, 3.8) is 0 Å². The number of likely N-dealkylation sites (tertiary alicyclic amines) is 1. The van der Waals surface area contributed by atoms with E-state index in [1.807, 2.05) is 0 Å². The summed E-state index contributed by atoms with van der Waals surface area (Å²) in [6.07, 6.45) is -1.77. The number of para-hydroxylation sites is 2. The number of rotatable bonds is 45. The van der Waals surface area contributed by atoms with Gasteiger partial charge in [0, 0.05) is 71.5 Å². The molecule has 1 fully saturated rings. The lowest BCUT2D eigenvalue weighted by molar-refractivity contribution is -0.144. The molecule has 0 radical (unpaired) electrons. The highest BCUT2D eigenvalue weighted by Crippen LogP contribution is 2.23. The molecule has 2 aromatic heterocycles. The smallest absolute Gasteiger partial charge is 0.326 e. The summed E-state index contributed by atoms with van der Waals surface area (Å²) in [5, 5.41) is 101. The zero-order valence-corrected chi connectivity index (χ0v) is 64.3. The van der Waals surface area contributed by atoms with Gasteiger partial charge in [0.25, 0.3) is 0 Å². The number of carbonyl (C=O) groups is 17. The second-order valence-electron chi connectivity index (χ2n) is 27.4. The normalized spacial score (nSPS) is 16.4. The fourth-order valence-corrected chi connectivity index (χ4v) is 12.2. The van der Waals surface area contributed by atoms with Crippen molar-refractivity contribution < 1.29 is 117 Å². The van der Waals surface area contributed by atoms with E-state index < -0.39 is 273 Å². The second-order valence-corrected chi connectivity index (χ2v) is 28.1.